The first-order valence-corrected chi connectivity index (χ1v) is 13.9. The summed E-state index contributed by atoms with van der Waals surface area (Å²) in [6.07, 6.45) is -3.68. The van der Waals surface area contributed by atoms with E-state index in [0.29, 0.717) is 32.8 Å². The van der Waals surface area contributed by atoms with Crippen molar-refractivity contribution in [1.82, 2.24) is 14.6 Å². The van der Waals surface area contributed by atoms with E-state index in [4.69, 9.17) is 9.15 Å². The molecule has 0 radical (unpaired) electrons. The van der Waals surface area contributed by atoms with Crippen molar-refractivity contribution in [1.29, 1.82) is 0 Å². The largest absolute Gasteiger partial charge is 0.508 e. The van der Waals surface area contributed by atoms with Crippen LogP contribution >= 0.6 is 0 Å². The molecule has 14 nitrogen and oxygen atoms in total. The van der Waals surface area contributed by atoms with Gasteiger partial charge in [0.2, 0.25) is 0 Å². The Morgan fingerprint density at radius 2 is 1.60 bits per heavy atom. The maximum absolute atomic E-state index is 14.2. The Morgan fingerprint density at radius 3 is 2.31 bits per heavy atom. The van der Waals surface area contributed by atoms with Crippen molar-refractivity contribution in [2.24, 2.45) is 5.10 Å². The third kappa shape index (κ3) is 3.71. The summed E-state index contributed by atoms with van der Waals surface area (Å²) in [5, 5.41) is 69.6. The molecule has 45 heavy (non-hydrogen) atoms. The maximum atomic E-state index is 14.2. The number of phenols is 2. The number of aromatic amines is 1. The monoisotopic (exact) mass is 612 g/mol. The number of rotatable bonds is 4. The van der Waals surface area contributed by atoms with E-state index in [1.165, 1.54) is 47.6 Å². The molecule has 1 fully saturated rings. The molecule has 2 amide bonds. The van der Waals surface area contributed by atoms with Gasteiger partial charge in [0.1, 0.15) is 35.9 Å². The lowest BCUT2D eigenvalue weighted by molar-refractivity contribution is -0.249. The van der Waals surface area contributed by atoms with Crippen LogP contribution in [0.25, 0.3) is 43.6 Å². The van der Waals surface area contributed by atoms with Crippen LogP contribution in [0.1, 0.15) is 32.5 Å². The number of nitrogens with zero attached hydrogens (tertiary/aromatic N) is 3. The van der Waals surface area contributed by atoms with Crippen molar-refractivity contribution in [3.63, 3.8) is 0 Å². The number of aromatic hydroxyl groups is 2. The summed E-state index contributed by atoms with van der Waals surface area (Å²) in [7, 11) is 0. The number of H-pyrrole nitrogens is 1. The van der Waals surface area contributed by atoms with Crippen LogP contribution in [0.4, 0.5) is 0 Å². The van der Waals surface area contributed by atoms with Gasteiger partial charge in [-0.25, -0.2) is 0 Å². The summed E-state index contributed by atoms with van der Waals surface area (Å²) in [4.78, 5) is 31.4. The number of nitrogens with one attached hydrogen (secondary N) is 1. The molecule has 5 heterocycles. The molecule has 5 atom stereocenters. The van der Waals surface area contributed by atoms with Crippen molar-refractivity contribution < 1.29 is 49.4 Å². The number of aliphatic hydroxyl groups excluding tert-OH is 4. The fourth-order valence-electron chi connectivity index (χ4n) is 6.54. The number of carbonyl (C=O) groups excluding carboxylic acids is 2. The Bertz CT molecular complexity index is 2230. The minimum absolute atomic E-state index is 0.000140. The summed E-state index contributed by atoms with van der Waals surface area (Å²) in [5.41, 5.74) is 1.81. The van der Waals surface area contributed by atoms with Gasteiger partial charge in [-0.2, -0.15) is 10.1 Å². The summed E-state index contributed by atoms with van der Waals surface area (Å²) in [6, 6.07) is 10.4. The van der Waals surface area contributed by atoms with Crippen LogP contribution in [-0.4, -0.2) is 94.3 Å². The standard InChI is InChI=1S/C31H24N4O10/c36-10-19-26(39)27(40)28(41)31(45-19)34-18-8-14(38)2-4-16(18)21-23-22(29(42)35(30(23)43)32-9-12-5-6-44-11-12)20-15-3-1-13(37)7-17(15)33-24(20)25(21)34/h1-9,11,19,26-28,31,33,36-41H,10H2/b32-9+/t19-,26-,27+,28-,31-/m1/s1. The Morgan fingerprint density at radius 1 is 0.889 bits per heavy atom. The molecular formula is C31H24N4O10. The van der Waals surface area contributed by atoms with Gasteiger partial charge in [-0.15, -0.1) is 0 Å². The van der Waals surface area contributed by atoms with E-state index in [-0.39, 0.29) is 39.0 Å². The Kier molecular flexibility index (Phi) is 5.84. The lowest BCUT2D eigenvalue weighted by Gasteiger charge is -2.41. The molecule has 0 saturated carbocycles. The van der Waals surface area contributed by atoms with Gasteiger partial charge in [0, 0.05) is 39.2 Å². The van der Waals surface area contributed by atoms with Crippen LogP contribution < -0.4 is 0 Å². The van der Waals surface area contributed by atoms with E-state index in [9.17, 15) is 40.2 Å². The molecule has 2 aliphatic rings. The molecule has 0 aliphatic carbocycles. The second kappa shape index (κ2) is 9.62. The van der Waals surface area contributed by atoms with Gasteiger partial charge in [0.05, 0.1) is 58.5 Å². The number of benzene rings is 3. The molecule has 14 heteroatoms. The minimum atomic E-state index is -1.73. The summed E-state index contributed by atoms with van der Waals surface area (Å²) in [5.74, 6) is -1.67. The number of hydrazone groups is 1. The van der Waals surface area contributed by atoms with E-state index in [0.717, 1.165) is 5.01 Å². The van der Waals surface area contributed by atoms with E-state index >= 15 is 0 Å². The lowest BCUT2D eigenvalue weighted by atomic mass is 9.96. The average Bonchev–Trinajstić information content (AvgIpc) is 3.79. The van der Waals surface area contributed by atoms with Crippen LogP contribution in [0, 0.1) is 0 Å². The average molecular weight is 613 g/mol. The van der Waals surface area contributed by atoms with E-state index in [1.54, 1.807) is 18.2 Å². The van der Waals surface area contributed by atoms with E-state index < -0.39 is 49.1 Å². The first-order chi connectivity index (χ1) is 21.7. The normalized spacial score (nSPS) is 23.9. The molecule has 0 spiro atoms. The number of ether oxygens (including phenoxy) is 1. The van der Waals surface area contributed by atoms with Gasteiger partial charge < -0.3 is 49.3 Å². The summed E-state index contributed by atoms with van der Waals surface area (Å²) < 4.78 is 12.5. The number of amides is 2. The van der Waals surface area contributed by atoms with Gasteiger partial charge in [-0.3, -0.25) is 9.59 Å². The van der Waals surface area contributed by atoms with Crippen LogP contribution in [0.5, 0.6) is 11.5 Å². The third-order valence-electron chi connectivity index (χ3n) is 8.56. The smallest absolute Gasteiger partial charge is 0.283 e. The second-order valence-corrected chi connectivity index (χ2v) is 11.1. The quantitative estimate of drug-likeness (QED) is 0.114. The second-order valence-electron chi connectivity index (χ2n) is 11.1. The zero-order valence-electron chi connectivity index (χ0n) is 23.0. The van der Waals surface area contributed by atoms with Crippen LogP contribution in [0.3, 0.4) is 0 Å². The molecule has 0 unspecified atom stereocenters. The number of hydrogen-bond acceptors (Lipinski definition) is 11. The topological polar surface area (TPSA) is 214 Å². The van der Waals surface area contributed by atoms with Crippen molar-refractivity contribution >= 4 is 61.6 Å². The predicted octanol–water partition coefficient (Wildman–Crippen LogP) is 2.04. The maximum Gasteiger partial charge on any atom is 0.283 e. The van der Waals surface area contributed by atoms with Gasteiger partial charge in [-0.05, 0) is 30.3 Å². The summed E-state index contributed by atoms with van der Waals surface area (Å²) >= 11 is 0. The van der Waals surface area contributed by atoms with Crippen LogP contribution in [0.2, 0.25) is 0 Å². The Balaban J connectivity index is 1.52. The van der Waals surface area contributed by atoms with Crippen molar-refractivity contribution in [2.75, 3.05) is 6.61 Å². The highest BCUT2D eigenvalue weighted by molar-refractivity contribution is 6.39. The number of furan rings is 1. The van der Waals surface area contributed by atoms with Gasteiger partial charge in [-0.1, -0.05) is 0 Å². The van der Waals surface area contributed by atoms with Crippen molar-refractivity contribution in [2.45, 2.75) is 30.6 Å². The van der Waals surface area contributed by atoms with Gasteiger partial charge in [0.25, 0.3) is 11.8 Å². The van der Waals surface area contributed by atoms with Crippen LogP contribution in [0.15, 0.2) is 64.5 Å². The highest BCUT2D eigenvalue weighted by atomic mass is 16.6. The van der Waals surface area contributed by atoms with Crippen molar-refractivity contribution in [3.05, 3.63) is 71.7 Å². The fourth-order valence-corrected chi connectivity index (χ4v) is 6.54. The summed E-state index contributed by atoms with van der Waals surface area (Å²) in [6.45, 7) is -0.684. The van der Waals surface area contributed by atoms with Crippen molar-refractivity contribution in [3.8, 4) is 11.5 Å². The number of imide groups is 1. The molecule has 3 aromatic heterocycles. The Labute approximate surface area is 251 Å². The predicted molar refractivity (Wildman–Crippen MR) is 158 cm³/mol. The molecule has 2 aliphatic heterocycles. The molecule has 7 N–H and O–H groups in total. The number of hydrogen-bond donors (Lipinski definition) is 7. The fraction of sp³-hybridized carbons (Fsp3) is 0.194. The molecule has 0 bridgehead atoms. The van der Waals surface area contributed by atoms with Gasteiger partial charge in [0.15, 0.2) is 6.23 Å². The number of aliphatic hydroxyl groups is 4. The zero-order chi connectivity index (χ0) is 31.3. The number of phenolic OH excluding ortho intramolecular Hbond substituents is 2. The SMILES string of the molecule is O=C1c2c(c3c4ccc(O)cc4n([C@@H]4O[C@H](CO)[C@@H](O)[C@H](O)[C@H]4O)c3c3[nH]c4cc(O)ccc4c23)C(=O)N1/N=C/c1ccoc1. The molecule has 6 aromatic rings. The number of carbonyl (C=O) groups is 2. The minimum Gasteiger partial charge on any atom is -0.508 e. The highest BCUT2D eigenvalue weighted by Gasteiger charge is 2.47. The third-order valence-corrected chi connectivity index (χ3v) is 8.56. The Hall–Kier alpha value is -5.25. The van der Waals surface area contributed by atoms with E-state index in [2.05, 4.69) is 10.1 Å². The number of aromatic nitrogens is 2. The molecule has 228 valence electrons. The molecule has 8 rings (SSSR count). The van der Waals surface area contributed by atoms with Gasteiger partial charge >= 0.3 is 0 Å². The first-order valence-electron chi connectivity index (χ1n) is 13.9. The number of fused-ring (bicyclic) bond motifs is 10. The molecule has 1 saturated heterocycles. The highest BCUT2D eigenvalue weighted by Crippen LogP contribution is 2.48. The van der Waals surface area contributed by atoms with Crippen LogP contribution in [-0.2, 0) is 4.74 Å². The zero-order valence-corrected chi connectivity index (χ0v) is 23.0. The first kappa shape index (κ1) is 27.3. The lowest BCUT2D eigenvalue weighted by Crippen LogP contribution is -2.56. The van der Waals surface area contributed by atoms with E-state index in [1.807, 2.05) is 0 Å². The molecular weight excluding hydrogens is 588 g/mol. The molecule has 3 aromatic carbocycles.